The number of nitrogens with one attached hydrogen (secondary N) is 3. The summed E-state index contributed by atoms with van der Waals surface area (Å²) in [6, 6.07) is 6.04. The fraction of sp³-hybridized carbons (Fsp3) is 0.333. The van der Waals surface area contributed by atoms with Crippen LogP contribution in [0.25, 0.3) is 10.9 Å². The fourth-order valence-electron chi connectivity index (χ4n) is 1.66. The molecule has 0 aliphatic rings. The molecule has 0 spiro atoms. The SMILES string of the molecule is CCOC(=O)NNc1n[nH]c2cc(CC)ccc12. The van der Waals surface area contributed by atoms with Gasteiger partial charge in [-0.05, 0) is 31.0 Å². The van der Waals surface area contributed by atoms with Crippen molar-refractivity contribution in [3.8, 4) is 0 Å². The Morgan fingerprint density at radius 3 is 3.00 bits per heavy atom. The standard InChI is InChI=1S/C12H16N4O2/c1-3-8-5-6-9-10(7-8)13-14-11(9)15-16-12(17)18-4-2/h5-7H,3-4H2,1-2H3,(H,16,17)(H2,13,14,15). The molecule has 1 heterocycles. The Labute approximate surface area is 105 Å². The number of fused-ring (bicyclic) bond motifs is 1. The molecular formula is C12H16N4O2. The van der Waals surface area contributed by atoms with Gasteiger partial charge in [-0.2, -0.15) is 5.10 Å². The first kappa shape index (κ1) is 12.2. The maximum atomic E-state index is 11.1. The van der Waals surface area contributed by atoms with Crippen molar-refractivity contribution in [2.75, 3.05) is 12.0 Å². The van der Waals surface area contributed by atoms with Gasteiger partial charge in [-0.1, -0.05) is 13.0 Å². The van der Waals surface area contributed by atoms with Crippen LogP contribution in [0.5, 0.6) is 0 Å². The molecule has 0 saturated heterocycles. The highest BCUT2D eigenvalue weighted by atomic mass is 16.5. The van der Waals surface area contributed by atoms with Gasteiger partial charge in [-0.25, -0.2) is 10.2 Å². The summed E-state index contributed by atoms with van der Waals surface area (Å²) in [5, 5.41) is 7.93. The van der Waals surface area contributed by atoms with Crippen LogP contribution >= 0.6 is 0 Å². The number of aromatic amines is 1. The van der Waals surface area contributed by atoms with E-state index < -0.39 is 6.09 Å². The molecule has 0 saturated carbocycles. The van der Waals surface area contributed by atoms with Gasteiger partial charge < -0.3 is 4.74 Å². The molecular weight excluding hydrogens is 232 g/mol. The topological polar surface area (TPSA) is 79.0 Å². The molecule has 1 amide bonds. The Balaban J connectivity index is 2.12. The molecule has 0 unspecified atom stereocenters. The van der Waals surface area contributed by atoms with Crippen LogP contribution in [-0.4, -0.2) is 22.9 Å². The minimum atomic E-state index is -0.529. The number of hydrogen-bond donors (Lipinski definition) is 3. The van der Waals surface area contributed by atoms with Crippen LogP contribution in [0.2, 0.25) is 0 Å². The van der Waals surface area contributed by atoms with Crippen molar-refractivity contribution >= 4 is 22.8 Å². The molecule has 0 aliphatic heterocycles. The summed E-state index contributed by atoms with van der Waals surface area (Å²) in [6.45, 7) is 4.17. The number of hydrazine groups is 1. The maximum absolute atomic E-state index is 11.1. The first-order valence-corrected chi connectivity index (χ1v) is 5.90. The van der Waals surface area contributed by atoms with Crippen molar-refractivity contribution in [2.24, 2.45) is 0 Å². The van der Waals surface area contributed by atoms with Crippen LogP contribution in [0.4, 0.5) is 10.6 Å². The van der Waals surface area contributed by atoms with E-state index in [0.29, 0.717) is 12.4 Å². The second-order valence-electron chi connectivity index (χ2n) is 3.78. The predicted octanol–water partition coefficient (Wildman–Crippen LogP) is 2.20. The molecule has 2 rings (SSSR count). The summed E-state index contributed by atoms with van der Waals surface area (Å²) in [5.41, 5.74) is 7.30. The number of aromatic nitrogens is 2. The second-order valence-corrected chi connectivity index (χ2v) is 3.78. The molecule has 1 aromatic carbocycles. The average Bonchev–Trinajstić information content (AvgIpc) is 2.78. The number of benzene rings is 1. The van der Waals surface area contributed by atoms with Crippen LogP contribution in [0.3, 0.4) is 0 Å². The number of hydrogen-bond acceptors (Lipinski definition) is 4. The minimum Gasteiger partial charge on any atom is -0.449 e. The highest BCUT2D eigenvalue weighted by molar-refractivity contribution is 5.90. The largest absolute Gasteiger partial charge is 0.449 e. The lowest BCUT2D eigenvalue weighted by molar-refractivity contribution is 0.154. The minimum absolute atomic E-state index is 0.328. The molecule has 3 N–H and O–H groups in total. The van der Waals surface area contributed by atoms with Crippen LogP contribution in [-0.2, 0) is 11.2 Å². The van der Waals surface area contributed by atoms with Crippen molar-refractivity contribution in [1.82, 2.24) is 15.6 Å². The molecule has 0 aliphatic carbocycles. The molecule has 6 heteroatoms. The first-order chi connectivity index (χ1) is 8.74. The summed E-state index contributed by atoms with van der Waals surface area (Å²) in [4.78, 5) is 11.1. The highest BCUT2D eigenvalue weighted by Gasteiger charge is 2.07. The van der Waals surface area contributed by atoms with E-state index in [2.05, 4.69) is 28.0 Å². The predicted molar refractivity (Wildman–Crippen MR) is 69.3 cm³/mol. The lowest BCUT2D eigenvalue weighted by Gasteiger charge is -2.05. The number of aryl methyl sites for hydroxylation is 1. The van der Waals surface area contributed by atoms with Gasteiger partial charge in [0.25, 0.3) is 0 Å². The second kappa shape index (κ2) is 5.39. The van der Waals surface area contributed by atoms with Crippen LogP contribution < -0.4 is 10.9 Å². The average molecular weight is 248 g/mol. The van der Waals surface area contributed by atoms with Crippen molar-refractivity contribution in [3.05, 3.63) is 23.8 Å². The van der Waals surface area contributed by atoms with Gasteiger partial charge in [-0.15, -0.1) is 0 Å². The van der Waals surface area contributed by atoms with Crippen molar-refractivity contribution in [2.45, 2.75) is 20.3 Å². The first-order valence-electron chi connectivity index (χ1n) is 5.90. The van der Waals surface area contributed by atoms with E-state index in [9.17, 15) is 4.79 Å². The number of carbonyl (C=O) groups is 1. The van der Waals surface area contributed by atoms with Gasteiger partial charge in [0.05, 0.1) is 12.1 Å². The van der Waals surface area contributed by atoms with Crippen LogP contribution in [0.15, 0.2) is 18.2 Å². The Bertz CT molecular complexity index is 550. The Morgan fingerprint density at radius 1 is 1.44 bits per heavy atom. The Morgan fingerprint density at radius 2 is 2.28 bits per heavy atom. The van der Waals surface area contributed by atoms with Gasteiger partial charge in [0, 0.05) is 5.39 Å². The normalized spacial score (nSPS) is 10.3. The summed E-state index contributed by atoms with van der Waals surface area (Å²) in [6.07, 6.45) is 0.442. The summed E-state index contributed by atoms with van der Waals surface area (Å²) in [5.74, 6) is 0.570. The lowest BCUT2D eigenvalue weighted by atomic mass is 10.1. The Kier molecular flexibility index (Phi) is 3.66. The third-order valence-corrected chi connectivity index (χ3v) is 2.59. The van der Waals surface area contributed by atoms with Crippen LogP contribution in [0, 0.1) is 0 Å². The van der Waals surface area contributed by atoms with Gasteiger partial charge in [0.15, 0.2) is 5.82 Å². The number of carbonyl (C=O) groups excluding carboxylic acids is 1. The Hall–Kier alpha value is -2.24. The molecule has 2 aromatic rings. The maximum Gasteiger partial charge on any atom is 0.425 e. The molecule has 18 heavy (non-hydrogen) atoms. The summed E-state index contributed by atoms with van der Waals surface area (Å²) < 4.78 is 4.74. The molecule has 0 radical (unpaired) electrons. The lowest BCUT2D eigenvalue weighted by Crippen LogP contribution is -2.30. The summed E-state index contributed by atoms with van der Waals surface area (Å²) in [7, 11) is 0. The quantitative estimate of drug-likeness (QED) is 0.725. The molecule has 0 atom stereocenters. The molecule has 1 aromatic heterocycles. The molecule has 0 fully saturated rings. The molecule has 0 bridgehead atoms. The van der Waals surface area contributed by atoms with E-state index in [-0.39, 0.29) is 0 Å². The number of H-pyrrole nitrogens is 1. The van der Waals surface area contributed by atoms with E-state index in [1.807, 2.05) is 18.2 Å². The number of ether oxygens (including phenoxy) is 1. The number of anilines is 1. The number of nitrogens with zero attached hydrogens (tertiary/aromatic N) is 1. The van der Waals surface area contributed by atoms with Crippen molar-refractivity contribution < 1.29 is 9.53 Å². The fourth-order valence-corrected chi connectivity index (χ4v) is 1.66. The number of amides is 1. The highest BCUT2D eigenvalue weighted by Crippen LogP contribution is 2.20. The van der Waals surface area contributed by atoms with Gasteiger partial charge >= 0.3 is 6.09 Å². The van der Waals surface area contributed by atoms with E-state index in [0.717, 1.165) is 17.3 Å². The van der Waals surface area contributed by atoms with Gasteiger partial charge in [-0.3, -0.25) is 10.5 Å². The zero-order valence-corrected chi connectivity index (χ0v) is 10.4. The van der Waals surface area contributed by atoms with Gasteiger partial charge in [0.2, 0.25) is 0 Å². The smallest absolute Gasteiger partial charge is 0.425 e. The third kappa shape index (κ3) is 2.53. The van der Waals surface area contributed by atoms with Gasteiger partial charge in [0.1, 0.15) is 0 Å². The van der Waals surface area contributed by atoms with Crippen LogP contribution in [0.1, 0.15) is 19.4 Å². The van der Waals surface area contributed by atoms with E-state index in [1.165, 1.54) is 5.56 Å². The third-order valence-electron chi connectivity index (χ3n) is 2.59. The monoisotopic (exact) mass is 248 g/mol. The van der Waals surface area contributed by atoms with E-state index in [4.69, 9.17) is 4.74 Å². The molecule has 6 nitrogen and oxygen atoms in total. The van der Waals surface area contributed by atoms with Crippen molar-refractivity contribution in [3.63, 3.8) is 0 Å². The van der Waals surface area contributed by atoms with E-state index in [1.54, 1.807) is 6.92 Å². The summed E-state index contributed by atoms with van der Waals surface area (Å²) >= 11 is 0. The number of rotatable bonds is 4. The molecule has 96 valence electrons. The zero-order chi connectivity index (χ0) is 13.0. The zero-order valence-electron chi connectivity index (χ0n) is 10.4. The van der Waals surface area contributed by atoms with Crippen molar-refractivity contribution in [1.29, 1.82) is 0 Å². The van der Waals surface area contributed by atoms with E-state index >= 15 is 0 Å².